The molecule has 8 nitrogen and oxygen atoms in total. The zero-order chi connectivity index (χ0) is 20.0. The lowest BCUT2D eigenvalue weighted by Crippen LogP contribution is -3.08. The number of esters is 1. The van der Waals surface area contributed by atoms with Crippen LogP contribution in [0, 0.1) is 0 Å². The minimum Gasteiger partial charge on any atom is -0.497 e. The average molecular weight is 378 g/mol. The summed E-state index contributed by atoms with van der Waals surface area (Å²) in [6.45, 7) is 4.91. The van der Waals surface area contributed by atoms with Gasteiger partial charge in [0.1, 0.15) is 24.6 Å². The lowest BCUT2D eigenvalue weighted by molar-refractivity contribution is -0.889. The lowest BCUT2D eigenvalue weighted by Gasteiger charge is -2.27. The van der Waals surface area contributed by atoms with E-state index in [4.69, 9.17) is 14.2 Å². The summed E-state index contributed by atoms with van der Waals surface area (Å²) in [5.74, 6) is 1.04. The summed E-state index contributed by atoms with van der Waals surface area (Å²) in [5, 5.41) is 5.46. The van der Waals surface area contributed by atoms with Gasteiger partial charge in [-0.05, 0) is 26.0 Å². The van der Waals surface area contributed by atoms with Gasteiger partial charge in [-0.3, -0.25) is 0 Å². The number of carbonyl (C=O) groups excluding carboxylic acids is 2. The largest absolute Gasteiger partial charge is 0.497 e. The number of rotatable bonds is 8. The molecule has 0 saturated carbocycles. The zero-order valence-electron chi connectivity index (χ0n) is 16.5. The summed E-state index contributed by atoms with van der Waals surface area (Å²) >= 11 is 0. The van der Waals surface area contributed by atoms with E-state index in [-0.39, 0.29) is 12.6 Å². The van der Waals surface area contributed by atoms with Crippen molar-refractivity contribution in [3.8, 4) is 11.5 Å². The fourth-order valence-electron chi connectivity index (χ4n) is 3.11. The Morgan fingerprint density at radius 3 is 2.59 bits per heavy atom. The first-order valence-electron chi connectivity index (χ1n) is 8.89. The van der Waals surface area contributed by atoms with Crippen LogP contribution in [0.15, 0.2) is 29.5 Å². The number of quaternary nitrogens is 1. The summed E-state index contributed by atoms with van der Waals surface area (Å²) in [4.78, 5) is 25.3. The second-order valence-electron chi connectivity index (χ2n) is 6.42. The third-order valence-corrected chi connectivity index (χ3v) is 4.33. The number of amides is 2. The second kappa shape index (κ2) is 9.27. The van der Waals surface area contributed by atoms with Crippen molar-refractivity contribution in [2.75, 3.05) is 34.4 Å². The van der Waals surface area contributed by atoms with Crippen LogP contribution in [-0.2, 0) is 16.1 Å². The van der Waals surface area contributed by atoms with Crippen molar-refractivity contribution in [1.29, 1.82) is 0 Å². The van der Waals surface area contributed by atoms with E-state index in [1.54, 1.807) is 28.1 Å². The molecule has 0 spiro atoms. The van der Waals surface area contributed by atoms with Crippen LogP contribution in [0.4, 0.5) is 4.79 Å². The summed E-state index contributed by atoms with van der Waals surface area (Å²) in [6, 6.07) is 4.94. The van der Waals surface area contributed by atoms with Crippen molar-refractivity contribution in [2.24, 2.45) is 0 Å². The fraction of sp³-hybridized carbons (Fsp3) is 0.474. The Balaban J connectivity index is 2.21. The Hall–Kier alpha value is -2.74. The van der Waals surface area contributed by atoms with Crippen molar-refractivity contribution in [3.05, 3.63) is 35.0 Å². The minimum absolute atomic E-state index is 0.280. The van der Waals surface area contributed by atoms with Crippen LogP contribution in [0.5, 0.6) is 11.5 Å². The van der Waals surface area contributed by atoms with Gasteiger partial charge in [-0.1, -0.05) is 0 Å². The molecule has 1 aromatic rings. The van der Waals surface area contributed by atoms with Gasteiger partial charge in [0.25, 0.3) is 0 Å². The molecule has 2 rings (SSSR count). The molecule has 148 valence electrons. The highest BCUT2D eigenvalue weighted by Gasteiger charge is 2.31. The molecule has 0 aromatic heterocycles. The van der Waals surface area contributed by atoms with Gasteiger partial charge in [-0.15, -0.1) is 0 Å². The van der Waals surface area contributed by atoms with Crippen molar-refractivity contribution in [1.82, 2.24) is 10.6 Å². The maximum Gasteiger partial charge on any atom is 0.338 e. The molecule has 0 fully saturated rings. The molecule has 0 aliphatic carbocycles. The van der Waals surface area contributed by atoms with Crippen LogP contribution in [0.2, 0.25) is 0 Å². The molecule has 8 heteroatoms. The van der Waals surface area contributed by atoms with Crippen LogP contribution >= 0.6 is 0 Å². The third-order valence-electron chi connectivity index (χ3n) is 4.33. The number of carbonyl (C=O) groups is 2. The van der Waals surface area contributed by atoms with E-state index in [1.165, 1.54) is 0 Å². The number of hydrogen-bond acceptors (Lipinski definition) is 5. The fourth-order valence-corrected chi connectivity index (χ4v) is 3.11. The van der Waals surface area contributed by atoms with E-state index in [9.17, 15) is 9.59 Å². The SMILES string of the molecule is CCOC(=O)C1=C(C[NH+](C)Cc2ccc(OC)cc2OC)NC(=O)N[C@@H]1C. The second-order valence-corrected chi connectivity index (χ2v) is 6.42. The normalized spacial score (nSPS) is 17.7. The predicted octanol–water partition coefficient (Wildman–Crippen LogP) is 0.237. The molecule has 1 aromatic carbocycles. The van der Waals surface area contributed by atoms with Crippen LogP contribution < -0.4 is 25.0 Å². The summed E-state index contributed by atoms with van der Waals surface area (Å²) < 4.78 is 15.8. The highest BCUT2D eigenvalue weighted by Crippen LogP contribution is 2.23. The molecule has 0 radical (unpaired) electrons. The van der Waals surface area contributed by atoms with Gasteiger partial charge in [0.05, 0.1) is 45.2 Å². The molecule has 1 unspecified atom stereocenters. The number of benzene rings is 1. The van der Waals surface area contributed by atoms with Gasteiger partial charge in [0.2, 0.25) is 0 Å². The maximum atomic E-state index is 12.3. The predicted molar refractivity (Wildman–Crippen MR) is 99.8 cm³/mol. The highest BCUT2D eigenvalue weighted by atomic mass is 16.5. The maximum absolute atomic E-state index is 12.3. The molecule has 3 N–H and O–H groups in total. The van der Waals surface area contributed by atoms with Crippen molar-refractivity contribution in [3.63, 3.8) is 0 Å². The van der Waals surface area contributed by atoms with Crippen LogP contribution in [0.3, 0.4) is 0 Å². The first-order valence-corrected chi connectivity index (χ1v) is 8.89. The molecule has 0 saturated heterocycles. The van der Waals surface area contributed by atoms with E-state index < -0.39 is 12.0 Å². The smallest absolute Gasteiger partial charge is 0.338 e. The molecular weight excluding hydrogens is 350 g/mol. The molecule has 2 amide bonds. The molecule has 0 bridgehead atoms. The average Bonchev–Trinajstić information content (AvgIpc) is 2.61. The third kappa shape index (κ3) is 5.13. The van der Waals surface area contributed by atoms with Gasteiger partial charge in [0, 0.05) is 11.6 Å². The van der Waals surface area contributed by atoms with Crippen molar-refractivity contribution in [2.45, 2.75) is 26.4 Å². The molecule has 1 aliphatic rings. The quantitative estimate of drug-likeness (QED) is 0.564. The molecule has 27 heavy (non-hydrogen) atoms. The van der Waals surface area contributed by atoms with E-state index in [1.807, 2.05) is 25.2 Å². The first-order chi connectivity index (χ1) is 12.9. The van der Waals surface area contributed by atoms with Gasteiger partial charge >= 0.3 is 12.0 Å². The number of urea groups is 1. The van der Waals surface area contributed by atoms with E-state index >= 15 is 0 Å². The van der Waals surface area contributed by atoms with Crippen molar-refractivity contribution < 1.29 is 28.7 Å². The van der Waals surface area contributed by atoms with Crippen LogP contribution in [0.25, 0.3) is 0 Å². The minimum atomic E-state index is -0.415. The summed E-state index contributed by atoms with van der Waals surface area (Å²) in [7, 11) is 5.21. The Bertz CT molecular complexity index is 732. The van der Waals surface area contributed by atoms with Gasteiger partial charge in [0.15, 0.2) is 0 Å². The standard InChI is InChI=1S/C19H27N3O5/c1-6-27-18(23)17-12(2)20-19(24)21-15(17)11-22(3)10-13-7-8-14(25-4)9-16(13)26-5/h7-9,12H,6,10-11H2,1-5H3,(H2,20,21,24)/p+1/t12-/m1/s1. The Labute approximate surface area is 159 Å². The van der Waals surface area contributed by atoms with Gasteiger partial charge < -0.3 is 29.7 Å². The molecule has 2 atom stereocenters. The summed E-state index contributed by atoms with van der Waals surface area (Å²) in [6.07, 6.45) is 0. The molecular formula is C19H28N3O5+. The van der Waals surface area contributed by atoms with E-state index in [0.717, 1.165) is 22.0 Å². The lowest BCUT2D eigenvalue weighted by atomic mass is 10.0. The molecule has 1 aliphatic heterocycles. The van der Waals surface area contributed by atoms with E-state index in [0.29, 0.717) is 24.4 Å². The topological polar surface area (TPSA) is 90.3 Å². The number of nitrogens with one attached hydrogen (secondary N) is 3. The number of likely N-dealkylation sites (N-methyl/N-ethyl adjacent to an activating group) is 1. The summed E-state index contributed by atoms with van der Waals surface area (Å²) in [5.41, 5.74) is 2.04. The van der Waals surface area contributed by atoms with Crippen molar-refractivity contribution >= 4 is 12.0 Å². The van der Waals surface area contributed by atoms with Crippen LogP contribution in [0.1, 0.15) is 19.4 Å². The molecule has 1 heterocycles. The number of ether oxygens (including phenoxy) is 3. The first kappa shape index (κ1) is 20.6. The number of methoxy groups -OCH3 is 2. The van der Waals surface area contributed by atoms with E-state index in [2.05, 4.69) is 10.6 Å². The Kier molecular flexibility index (Phi) is 7.06. The Morgan fingerprint density at radius 1 is 1.22 bits per heavy atom. The van der Waals surface area contributed by atoms with Crippen LogP contribution in [-0.4, -0.2) is 52.5 Å². The number of hydrogen-bond donors (Lipinski definition) is 3. The van der Waals surface area contributed by atoms with Gasteiger partial charge in [-0.2, -0.15) is 0 Å². The zero-order valence-corrected chi connectivity index (χ0v) is 16.5. The highest BCUT2D eigenvalue weighted by molar-refractivity contribution is 5.94. The Morgan fingerprint density at radius 2 is 1.96 bits per heavy atom. The van der Waals surface area contributed by atoms with Gasteiger partial charge in [-0.25, -0.2) is 9.59 Å². The monoisotopic (exact) mass is 378 g/mol.